The molecule has 1 aliphatic rings. The lowest BCUT2D eigenvalue weighted by Crippen LogP contribution is -2.28. The molecule has 3 heterocycles. The van der Waals surface area contributed by atoms with Gasteiger partial charge < -0.3 is 9.64 Å². The van der Waals surface area contributed by atoms with E-state index >= 15 is 0 Å². The number of nitrogens with zero attached hydrogens (tertiary/aromatic N) is 4. The highest BCUT2D eigenvalue weighted by atomic mass is 16.5. The predicted molar refractivity (Wildman–Crippen MR) is 102 cm³/mol. The Balaban J connectivity index is 1.44. The van der Waals surface area contributed by atoms with Gasteiger partial charge in [0.25, 0.3) is 5.91 Å². The maximum atomic E-state index is 12.9. The zero-order valence-corrected chi connectivity index (χ0v) is 15.3. The molecule has 1 unspecified atom stereocenters. The molecule has 138 valence electrons. The van der Waals surface area contributed by atoms with Crippen LogP contribution in [0.3, 0.4) is 0 Å². The summed E-state index contributed by atoms with van der Waals surface area (Å²) in [6, 6.07) is 13.6. The highest BCUT2D eigenvalue weighted by Crippen LogP contribution is 2.24. The van der Waals surface area contributed by atoms with Gasteiger partial charge in [-0.2, -0.15) is 5.10 Å². The van der Waals surface area contributed by atoms with Crippen molar-refractivity contribution in [3.63, 3.8) is 0 Å². The summed E-state index contributed by atoms with van der Waals surface area (Å²) in [7, 11) is 1.63. The van der Waals surface area contributed by atoms with Gasteiger partial charge in [-0.1, -0.05) is 18.2 Å². The maximum Gasteiger partial charge on any atom is 0.257 e. The lowest BCUT2D eigenvalue weighted by molar-refractivity contribution is 0.0787. The van der Waals surface area contributed by atoms with E-state index in [0.29, 0.717) is 11.5 Å². The van der Waals surface area contributed by atoms with Crippen LogP contribution in [0.25, 0.3) is 5.69 Å². The molecule has 2 aromatic heterocycles. The van der Waals surface area contributed by atoms with Crippen LogP contribution in [0.15, 0.2) is 61.1 Å². The third kappa shape index (κ3) is 3.69. The summed E-state index contributed by atoms with van der Waals surface area (Å²) in [6.45, 7) is 1.53. The molecule has 0 aliphatic carbocycles. The number of ether oxygens (including phenoxy) is 1. The van der Waals surface area contributed by atoms with Crippen LogP contribution in [0.2, 0.25) is 0 Å². The first-order valence-electron chi connectivity index (χ1n) is 9.12. The second-order valence-corrected chi connectivity index (χ2v) is 6.78. The van der Waals surface area contributed by atoms with Crippen molar-refractivity contribution in [2.24, 2.45) is 5.92 Å². The van der Waals surface area contributed by atoms with E-state index in [1.807, 2.05) is 53.6 Å². The van der Waals surface area contributed by atoms with Gasteiger partial charge in [-0.25, -0.2) is 4.68 Å². The zero-order chi connectivity index (χ0) is 18.6. The molecule has 0 radical (unpaired) electrons. The molecule has 1 fully saturated rings. The van der Waals surface area contributed by atoms with E-state index in [9.17, 15) is 4.79 Å². The van der Waals surface area contributed by atoms with Crippen molar-refractivity contribution in [2.75, 3.05) is 20.2 Å². The van der Waals surface area contributed by atoms with E-state index < -0.39 is 0 Å². The molecule has 6 nitrogen and oxygen atoms in total. The number of methoxy groups -OCH3 is 1. The first kappa shape index (κ1) is 17.3. The van der Waals surface area contributed by atoms with Gasteiger partial charge in [0.05, 0.1) is 18.9 Å². The molecule has 4 rings (SSSR count). The highest BCUT2D eigenvalue weighted by molar-refractivity contribution is 5.94. The fraction of sp³-hybridized carbons (Fsp3) is 0.286. The molecule has 1 amide bonds. The van der Waals surface area contributed by atoms with Crippen molar-refractivity contribution in [3.8, 4) is 11.4 Å². The normalized spacial score (nSPS) is 16.5. The van der Waals surface area contributed by atoms with Crippen LogP contribution in [-0.4, -0.2) is 45.8 Å². The Hall–Kier alpha value is -3.15. The molecule has 6 heteroatoms. The number of carbonyl (C=O) groups is 1. The third-order valence-corrected chi connectivity index (χ3v) is 4.96. The smallest absolute Gasteiger partial charge is 0.257 e. The number of pyridine rings is 1. The summed E-state index contributed by atoms with van der Waals surface area (Å²) >= 11 is 0. The van der Waals surface area contributed by atoms with E-state index in [4.69, 9.17) is 4.74 Å². The van der Waals surface area contributed by atoms with Gasteiger partial charge in [0.15, 0.2) is 0 Å². The predicted octanol–water partition coefficient (Wildman–Crippen LogP) is 2.98. The van der Waals surface area contributed by atoms with E-state index in [1.54, 1.807) is 24.2 Å². The van der Waals surface area contributed by atoms with Crippen LogP contribution in [-0.2, 0) is 6.42 Å². The lowest BCUT2D eigenvalue weighted by atomic mass is 10.0. The summed E-state index contributed by atoms with van der Waals surface area (Å²) in [5, 5.41) is 4.35. The van der Waals surface area contributed by atoms with Gasteiger partial charge in [-0.05, 0) is 43.0 Å². The Morgan fingerprint density at radius 3 is 2.89 bits per heavy atom. The summed E-state index contributed by atoms with van der Waals surface area (Å²) in [5.74, 6) is 1.20. The average molecular weight is 362 g/mol. The summed E-state index contributed by atoms with van der Waals surface area (Å²) < 4.78 is 7.07. The lowest BCUT2D eigenvalue weighted by Gasteiger charge is -2.15. The Morgan fingerprint density at radius 1 is 1.22 bits per heavy atom. The van der Waals surface area contributed by atoms with Crippen molar-refractivity contribution in [3.05, 3.63) is 72.3 Å². The number of aromatic nitrogens is 3. The third-order valence-electron chi connectivity index (χ3n) is 4.96. The van der Waals surface area contributed by atoms with Gasteiger partial charge in [0, 0.05) is 31.2 Å². The molecule has 3 aromatic rings. The number of benzene rings is 1. The molecule has 0 bridgehead atoms. The van der Waals surface area contributed by atoms with E-state index in [-0.39, 0.29) is 5.91 Å². The van der Waals surface area contributed by atoms with Crippen LogP contribution < -0.4 is 4.74 Å². The SMILES string of the molecule is COc1ccccc1-n1cc(C(=O)N2CCC(Cc3ccccn3)C2)cn1. The largest absolute Gasteiger partial charge is 0.494 e. The summed E-state index contributed by atoms with van der Waals surface area (Å²) in [6.07, 6.45) is 7.13. The van der Waals surface area contributed by atoms with Gasteiger partial charge >= 0.3 is 0 Å². The van der Waals surface area contributed by atoms with Gasteiger partial charge in [0.2, 0.25) is 0 Å². The Bertz CT molecular complexity index is 923. The second kappa shape index (κ2) is 7.61. The Kier molecular flexibility index (Phi) is 4.87. The zero-order valence-electron chi connectivity index (χ0n) is 15.3. The van der Waals surface area contributed by atoms with E-state index in [1.165, 1.54) is 0 Å². The van der Waals surface area contributed by atoms with Crippen LogP contribution >= 0.6 is 0 Å². The van der Waals surface area contributed by atoms with Gasteiger partial charge in [-0.3, -0.25) is 9.78 Å². The van der Waals surface area contributed by atoms with Crippen LogP contribution in [0.4, 0.5) is 0 Å². The molecule has 27 heavy (non-hydrogen) atoms. The topological polar surface area (TPSA) is 60.2 Å². The molecular weight excluding hydrogens is 340 g/mol. The fourth-order valence-electron chi connectivity index (χ4n) is 3.56. The molecule has 0 saturated carbocycles. The van der Waals surface area contributed by atoms with Crippen molar-refractivity contribution in [2.45, 2.75) is 12.8 Å². The van der Waals surface area contributed by atoms with Crippen molar-refractivity contribution in [1.29, 1.82) is 0 Å². The van der Waals surface area contributed by atoms with Crippen molar-refractivity contribution < 1.29 is 9.53 Å². The van der Waals surface area contributed by atoms with Crippen LogP contribution in [0.5, 0.6) is 5.75 Å². The number of rotatable bonds is 5. The van der Waals surface area contributed by atoms with E-state index in [2.05, 4.69) is 10.1 Å². The molecule has 1 aromatic carbocycles. The van der Waals surface area contributed by atoms with Crippen molar-refractivity contribution in [1.82, 2.24) is 19.7 Å². The summed E-state index contributed by atoms with van der Waals surface area (Å²) in [5.41, 5.74) is 2.49. The second-order valence-electron chi connectivity index (χ2n) is 6.78. The summed E-state index contributed by atoms with van der Waals surface area (Å²) in [4.78, 5) is 19.2. The van der Waals surface area contributed by atoms with Gasteiger partial charge in [0.1, 0.15) is 11.4 Å². The van der Waals surface area contributed by atoms with Gasteiger partial charge in [-0.15, -0.1) is 0 Å². The molecule has 0 N–H and O–H groups in total. The first-order valence-corrected chi connectivity index (χ1v) is 9.12. The molecular formula is C21H22N4O2. The molecule has 1 atom stereocenters. The number of hydrogen-bond acceptors (Lipinski definition) is 4. The standard InChI is InChI=1S/C21H22N4O2/c1-27-20-8-3-2-7-19(20)25-15-17(13-23-25)21(26)24-11-9-16(14-24)12-18-6-4-5-10-22-18/h2-8,10,13,15-16H,9,11-12,14H2,1H3. The number of hydrogen-bond donors (Lipinski definition) is 0. The van der Waals surface area contributed by atoms with E-state index in [0.717, 1.165) is 43.1 Å². The van der Waals surface area contributed by atoms with Crippen LogP contribution in [0, 0.1) is 5.92 Å². The number of amides is 1. The number of carbonyl (C=O) groups excluding carboxylic acids is 1. The molecule has 0 spiro atoms. The maximum absolute atomic E-state index is 12.9. The number of likely N-dealkylation sites (tertiary alicyclic amines) is 1. The highest BCUT2D eigenvalue weighted by Gasteiger charge is 2.28. The Labute approximate surface area is 158 Å². The van der Waals surface area contributed by atoms with Crippen LogP contribution in [0.1, 0.15) is 22.5 Å². The fourth-order valence-corrected chi connectivity index (χ4v) is 3.56. The average Bonchev–Trinajstić information content (AvgIpc) is 3.38. The quantitative estimate of drug-likeness (QED) is 0.700. The number of para-hydroxylation sites is 2. The minimum absolute atomic E-state index is 0.0275. The first-order chi connectivity index (χ1) is 13.2. The van der Waals surface area contributed by atoms with Crippen molar-refractivity contribution >= 4 is 5.91 Å². The Morgan fingerprint density at radius 2 is 2.07 bits per heavy atom. The minimum atomic E-state index is 0.0275. The monoisotopic (exact) mass is 362 g/mol. The molecule has 1 aliphatic heterocycles. The minimum Gasteiger partial charge on any atom is -0.494 e. The molecule has 1 saturated heterocycles.